The van der Waals surface area contributed by atoms with Gasteiger partial charge in [0, 0.05) is 11.3 Å². The molecule has 0 amide bonds. The van der Waals surface area contributed by atoms with Gasteiger partial charge in [0.25, 0.3) is 0 Å². The van der Waals surface area contributed by atoms with Gasteiger partial charge in [0.1, 0.15) is 11.5 Å². The van der Waals surface area contributed by atoms with E-state index in [0.717, 1.165) is 30.2 Å². The van der Waals surface area contributed by atoms with Gasteiger partial charge >= 0.3 is 0 Å². The predicted octanol–water partition coefficient (Wildman–Crippen LogP) is 2.36. The Labute approximate surface area is 101 Å². The maximum absolute atomic E-state index is 13.7. The molecule has 1 aliphatic rings. The highest BCUT2D eigenvalue weighted by Crippen LogP contribution is 2.30. The summed E-state index contributed by atoms with van der Waals surface area (Å²) < 4.78 is 41.1. The van der Waals surface area contributed by atoms with Gasteiger partial charge in [-0.2, -0.15) is 5.10 Å². The lowest BCUT2D eigenvalue weighted by molar-refractivity contribution is 0.442. The number of nitrogen functional groups attached to an aromatic ring is 1. The predicted molar refractivity (Wildman–Crippen MR) is 59.9 cm³/mol. The maximum atomic E-state index is 13.7. The molecule has 6 heteroatoms. The average molecular weight is 253 g/mol. The van der Waals surface area contributed by atoms with E-state index in [-0.39, 0.29) is 5.69 Å². The van der Waals surface area contributed by atoms with Crippen LogP contribution in [0, 0.1) is 17.5 Å². The van der Waals surface area contributed by atoms with Crippen molar-refractivity contribution in [3.8, 4) is 5.69 Å². The third-order valence-corrected chi connectivity index (χ3v) is 3.20. The largest absolute Gasteiger partial charge is 0.382 e. The first-order valence-corrected chi connectivity index (χ1v) is 5.59. The van der Waals surface area contributed by atoms with Crippen molar-refractivity contribution in [1.29, 1.82) is 0 Å². The Bertz CT molecular complexity index is 634. The van der Waals surface area contributed by atoms with Gasteiger partial charge in [0.05, 0.1) is 0 Å². The molecule has 0 spiro atoms. The number of rotatable bonds is 1. The lowest BCUT2D eigenvalue weighted by Gasteiger charge is -2.07. The molecule has 3 nitrogen and oxygen atoms in total. The van der Waals surface area contributed by atoms with Crippen molar-refractivity contribution in [2.24, 2.45) is 0 Å². The van der Waals surface area contributed by atoms with E-state index in [1.807, 2.05) is 0 Å². The van der Waals surface area contributed by atoms with Gasteiger partial charge < -0.3 is 5.73 Å². The average Bonchev–Trinajstić information content (AvgIpc) is 2.92. The molecular formula is C12H10F3N3. The summed E-state index contributed by atoms with van der Waals surface area (Å²) in [5.41, 5.74) is 7.27. The molecule has 0 unspecified atom stereocenters. The van der Waals surface area contributed by atoms with Gasteiger partial charge in [-0.1, -0.05) is 0 Å². The molecule has 0 aliphatic heterocycles. The molecule has 1 aliphatic carbocycles. The fraction of sp³-hybridized carbons (Fsp3) is 0.250. The number of aromatic nitrogens is 2. The Kier molecular flexibility index (Phi) is 2.33. The number of hydrogen-bond acceptors (Lipinski definition) is 2. The minimum absolute atomic E-state index is 0.108. The van der Waals surface area contributed by atoms with Crippen LogP contribution in [0.15, 0.2) is 12.1 Å². The van der Waals surface area contributed by atoms with Crippen LogP contribution < -0.4 is 5.73 Å². The fourth-order valence-electron chi connectivity index (χ4n) is 2.34. The molecule has 94 valence electrons. The molecular weight excluding hydrogens is 243 g/mol. The second kappa shape index (κ2) is 3.76. The van der Waals surface area contributed by atoms with E-state index < -0.39 is 17.5 Å². The first-order valence-electron chi connectivity index (χ1n) is 5.59. The van der Waals surface area contributed by atoms with E-state index in [1.54, 1.807) is 0 Å². The molecule has 18 heavy (non-hydrogen) atoms. The molecule has 0 saturated heterocycles. The van der Waals surface area contributed by atoms with Gasteiger partial charge in [-0.3, -0.25) is 0 Å². The van der Waals surface area contributed by atoms with Crippen molar-refractivity contribution < 1.29 is 13.2 Å². The highest BCUT2D eigenvalue weighted by Gasteiger charge is 2.24. The molecule has 3 rings (SSSR count). The molecule has 0 bridgehead atoms. The SMILES string of the molecule is Nc1nn(-c2ccc(F)c(F)c2F)c2c1CCC2. The Morgan fingerprint density at radius 2 is 1.89 bits per heavy atom. The minimum Gasteiger partial charge on any atom is -0.382 e. The maximum Gasteiger partial charge on any atom is 0.196 e. The van der Waals surface area contributed by atoms with Crippen molar-refractivity contribution >= 4 is 5.82 Å². The number of fused-ring (bicyclic) bond motifs is 1. The number of hydrogen-bond donors (Lipinski definition) is 1. The van der Waals surface area contributed by atoms with Crippen LogP contribution in [0.1, 0.15) is 17.7 Å². The third-order valence-electron chi connectivity index (χ3n) is 3.20. The van der Waals surface area contributed by atoms with Crippen LogP contribution in [0.2, 0.25) is 0 Å². The standard InChI is InChI=1S/C12H10F3N3/c13-7-4-5-9(11(15)10(7)14)18-8-3-1-2-6(8)12(16)17-18/h4-5H,1-3H2,(H2,16,17). The number of halogens is 3. The minimum atomic E-state index is -1.49. The lowest BCUT2D eigenvalue weighted by Crippen LogP contribution is -2.06. The smallest absolute Gasteiger partial charge is 0.196 e. The van der Waals surface area contributed by atoms with Crippen LogP contribution in [0.5, 0.6) is 0 Å². The van der Waals surface area contributed by atoms with Gasteiger partial charge in [-0.25, -0.2) is 17.9 Å². The Morgan fingerprint density at radius 3 is 2.67 bits per heavy atom. The highest BCUT2D eigenvalue weighted by atomic mass is 19.2. The summed E-state index contributed by atoms with van der Waals surface area (Å²) in [6.07, 6.45) is 2.40. The Hall–Kier alpha value is -1.98. The summed E-state index contributed by atoms with van der Waals surface area (Å²) in [5, 5.41) is 4.00. The van der Waals surface area contributed by atoms with Crippen molar-refractivity contribution in [3.05, 3.63) is 40.8 Å². The second-order valence-electron chi connectivity index (χ2n) is 4.27. The molecule has 1 aromatic carbocycles. The number of nitrogens with zero attached hydrogens (tertiary/aromatic N) is 2. The lowest BCUT2D eigenvalue weighted by atomic mass is 10.2. The van der Waals surface area contributed by atoms with Gasteiger partial charge in [-0.05, 0) is 31.4 Å². The zero-order chi connectivity index (χ0) is 12.9. The Balaban J connectivity index is 2.22. The molecule has 1 aromatic heterocycles. The molecule has 0 saturated carbocycles. The quantitative estimate of drug-likeness (QED) is 0.793. The number of nitrogens with two attached hydrogens (primary N) is 1. The third kappa shape index (κ3) is 1.41. The zero-order valence-corrected chi connectivity index (χ0v) is 9.38. The van der Waals surface area contributed by atoms with Crippen LogP contribution >= 0.6 is 0 Å². The number of anilines is 1. The van der Waals surface area contributed by atoms with Crippen molar-refractivity contribution in [3.63, 3.8) is 0 Å². The zero-order valence-electron chi connectivity index (χ0n) is 9.38. The van der Waals surface area contributed by atoms with E-state index in [1.165, 1.54) is 10.7 Å². The van der Waals surface area contributed by atoms with Crippen LogP contribution in [0.3, 0.4) is 0 Å². The molecule has 2 aromatic rings. The summed E-state index contributed by atoms with van der Waals surface area (Å²) in [6, 6.07) is 2.05. The van der Waals surface area contributed by atoms with Crippen molar-refractivity contribution in [2.75, 3.05) is 5.73 Å². The Morgan fingerprint density at radius 1 is 1.11 bits per heavy atom. The molecule has 0 radical (unpaired) electrons. The number of benzene rings is 1. The second-order valence-corrected chi connectivity index (χ2v) is 4.27. The van der Waals surface area contributed by atoms with E-state index in [2.05, 4.69) is 5.10 Å². The summed E-state index contributed by atoms with van der Waals surface area (Å²) in [4.78, 5) is 0. The van der Waals surface area contributed by atoms with E-state index in [0.29, 0.717) is 12.2 Å². The monoisotopic (exact) mass is 253 g/mol. The fourth-order valence-corrected chi connectivity index (χ4v) is 2.34. The topological polar surface area (TPSA) is 43.8 Å². The van der Waals surface area contributed by atoms with Crippen molar-refractivity contribution in [1.82, 2.24) is 9.78 Å². The van der Waals surface area contributed by atoms with E-state index in [9.17, 15) is 13.2 Å². The van der Waals surface area contributed by atoms with Gasteiger partial charge in [-0.15, -0.1) is 0 Å². The highest BCUT2D eigenvalue weighted by molar-refractivity contribution is 5.49. The summed E-state index contributed by atoms with van der Waals surface area (Å²) in [7, 11) is 0. The van der Waals surface area contributed by atoms with E-state index >= 15 is 0 Å². The van der Waals surface area contributed by atoms with Gasteiger partial charge in [0.15, 0.2) is 17.5 Å². The summed E-state index contributed by atoms with van der Waals surface area (Å²) in [5.74, 6) is -3.62. The summed E-state index contributed by atoms with van der Waals surface area (Å²) >= 11 is 0. The van der Waals surface area contributed by atoms with Gasteiger partial charge in [0.2, 0.25) is 0 Å². The molecule has 0 fully saturated rings. The van der Waals surface area contributed by atoms with Crippen LogP contribution in [0.4, 0.5) is 19.0 Å². The van der Waals surface area contributed by atoms with Crippen LogP contribution in [-0.4, -0.2) is 9.78 Å². The first-order chi connectivity index (χ1) is 8.59. The van der Waals surface area contributed by atoms with Crippen LogP contribution in [0.25, 0.3) is 5.69 Å². The summed E-state index contributed by atoms with van der Waals surface area (Å²) in [6.45, 7) is 0. The molecule has 1 heterocycles. The van der Waals surface area contributed by atoms with Crippen LogP contribution in [-0.2, 0) is 12.8 Å². The molecule has 2 N–H and O–H groups in total. The normalized spacial score (nSPS) is 13.9. The molecule has 0 atom stereocenters. The van der Waals surface area contributed by atoms with E-state index in [4.69, 9.17) is 5.73 Å². The van der Waals surface area contributed by atoms with Crippen molar-refractivity contribution in [2.45, 2.75) is 19.3 Å². The first kappa shape index (κ1) is 11.1.